The molecule has 0 fully saturated rings. The van der Waals surface area contributed by atoms with E-state index in [4.69, 9.17) is 5.73 Å². The first kappa shape index (κ1) is 22.3. The van der Waals surface area contributed by atoms with E-state index in [1.165, 1.54) is 24.4 Å². The van der Waals surface area contributed by atoms with Gasteiger partial charge in [-0.25, -0.2) is 4.98 Å². The Morgan fingerprint density at radius 2 is 1.91 bits per heavy atom. The minimum Gasteiger partial charge on any atom is -0.366 e. The average Bonchev–Trinajstić information content (AvgIpc) is 3.22. The maximum absolute atomic E-state index is 13.6. The molecule has 33 heavy (non-hydrogen) atoms. The van der Waals surface area contributed by atoms with E-state index in [0.717, 1.165) is 11.1 Å². The standard InChI is InChI=1S/C23H20N4O5S/c1-2-20(33(30,31)32)16-6-5-13(22(24)29)8-17(16)21(28)19-12-27-23-18(19)9-15(11-26-23)14-4-3-7-25-10-14/h3-12,20H,2H2,1H3,(H2,24,29)(H,26,27)(H,30,31,32). The lowest BCUT2D eigenvalue weighted by Gasteiger charge is -2.17. The number of ketones is 1. The van der Waals surface area contributed by atoms with Gasteiger partial charge in [0.25, 0.3) is 10.1 Å². The van der Waals surface area contributed by atoms with Gasteiger partial charge in [0.2, 0.25) is 5.91 Å². The van der Waals surface area contributed by atoms with Crippen molar-refractivity contribution in [1.82, 2.24) is 15.0 Å². The highest BCUT2D eigenvalue weighted by atomic mass is 32.2. The van der Waals surface area contributed by atoms with Crippen molar-refractivity contribution < 1.29 is 22.6 Å². The quantitative estimate of drug-likeness (QED) is 0.280. The van der Waals surface area contributed by atoms with Gasteiger partial charge in [-0.15, -0.1) is 0 Å². The Hall–Kier alpha value is -3.89. The molecule has 3 aromatic heterocycles. The third-order valence-electron chi connectivity index (χ3n) is 5.43. The van der Waals surface area contributed by atoms with Crippen molar-refractivity contribution >= 4 is 32.8 Å². The molecule has 0 aliphatic carbocycles. The molecule has 168 valence electrons. The Labute approximate surface area is 189 Å². The summed E-state index contributed by atoms with van der Waals surface area (Å²) in [6.45, 7) is 1.57. The van der Waals surface area contributed by atoms with Crippen LogP contribution in [-0.2, 0) is 10.1 Å². The summed E-state index contributed by atoms with van der Waals surface area (Å²) in [7, 11) is -4.51. The number of hydrogen-bond donors (Lipinski definition) is 3. The number of rotatable bonds is 7. The first-order chi connectivity index (χ1) is 15.7. The fourth-order valence-electron chi connectivity index (χ4n) is 3.81. The number of aromatic nitrogens is 3. The molecule has 1 aromatic carbocycles. The highest BCUT2D eigenvalue weighted by molar-refractivity contribution is 7.86. The largest absolute Gasteiger partial charge is 0.366 e. The summed E-state index contributed by atoms with van der Waals surface area (Å²) in [5.41, 5.74) is 7.70. The fourth-order valence-corrected chi connectivity index (χ4v) is 4.75. The first-order valence-electron chi connectivity index (χ1n) is 10.0. The highest BCUT2D eigenvalue weighted by Crippen LogP contribution is 2.32. The Morgan fingerprint density at radius 3 is 2.55 bits per heavy atom. The molecule has 1 unspecified atom stereocenters. The summed E-state index contributed by atoms with van der Waals surface area (Å²) in [5.74, 6) is -1.30. The van der Waals surface area contributed by atoms with Crippen LogP contribution in [0.5, 0.6) is 0 Å². The SMILES string of the molecule is CCC(c1ccc(C(N)=O)cc1C(=O)c1c[nH]c2ncc(-c3cccnc3)cc12)S(=O)(=O)O. The van der Waals surface area contributed by atoms with Crippen LogP contribution in [-0.4, -0.2) is 39.6 Å². The van der Waals surface area contributed by atoms with Gasteiger partial charge in [-0.05, 0) is 36.2 Å². The smallest absolute Gasteiger partial charge is 0.272 e. The number of amides is 1. The van der Waals surface area contributed by atoms with Crippen molar-refractivity contribution in [3.8, 4) is 11.1 Å². The molecule has 9 nitrogen and oxygen atoms in total. The van der Waals surface area contributed by atoms with Gasteiger partial charge in [0.1, 0.15) is 10.9 Å². The molecule has 10 heteroatoms. The van der Waals surface area contributed by atoms with Crippen molar-refractivity contribution in [2.24, 2.45) is 5.73 Å². The summed E-state index contributed by atoms with van der Waals surface area (Å²) in [5, 5.41) is -0.829. The number of nitrogens with two attached hydrogens (primary N) is 1. The Morgan fingerprint density at radius 1 is 1.12 bits per heavy atom. The van der Waals surface area contributed by atoms with Gasteiger partial charge in [-0.2, -0.15) is 8.42 Å². The van der Waals surface area contributed by atoms with Gasteiger partial charge in [0.15, 0.2) is 5.78 Å². The van der Waals surface area contributed by atoms with E-state index >= 15 is 0 Å². The molecule has 4 N–H and O–H groups in total. The number of pyridine rings is 2. The lowest BCUT2D eigenvalue weighted by atomic mass is 9.93. The Balaban J connectivity index is 1.90. The summed E-state index contributed by atoms with van der Waals surface area (Å²) >= 11 is 0. The topological polar surface area (TPSA) is 156 Å². The number of carbonyl (C=O) groups is 2. The number of benzene rings is 1. The number of hydrogen-bond acceptors (Lipinski definition) is 6. The Bertz CT molecular complexity index is 1480. The van der Waals surface area contributed by atoms with Gasteiger partial charge in [0, 0.05) is 58.0 Å². The molecular weight excluding hydrogens is 444 g/mol. The van der Waals surface area contributed by atoms with Crippen LogP contribution in [0.4, 0.5) is 0 Å². The third kappa shape index (κ3) is 4.26. The highest BCUT2D eigenvalue weighted by Gasteiger charge is 2.29. The van der Waals surface area contributed by atoms with E-state index in [-0.39, 0.29) is 28.7 Å². The molecule has 0 saturated heterocycles. The number of primary amides is 1. The van der Waals surface area contributed by atoms with Crippen LogP contribution in [0.3, 0.4) is 0 Å². The molecule has 1 atom stereocenters. The van der Waals surface area contributed by atoms with E-state index in [2.05, 4.69) is 15.0 Å². The van der Waals surface area contributed by atoms with Gasteiger partial charge < -0.3 is 10.7 Å². The summed E-state index contributed by atoms with van der Waals surface area (Å²) in [6, 6.07) is 9.34. The van der Waals surface area contributed by atoms with Gasteiger partial charge in [-0.1, -0.05) is 19.1 Å². The Kier molecular flexibility index (Phi) is 5.79. The zero-order chi connectivity index (χ0) is 23.8. The van der Waals surface area contributed by atoms with Crippen molar-refractivity contribution in [3.05, 3.63) is 83.4 Å². The maximum Gasteiger partial charge on any atom is 0.272 e. The molecule has 4 rings (SSSR count). The summed E-state index contributed by atoms with van der Waals surface area (Å²) in [6.07, 6.45) is 6.46. The molecule has 0 aliphatic rings. The number of nitrogens with zero attached hydrogens (tertiary/aromatic N) is 2. The molecule has 0 saturated carbocycles. The van der Waals surface area contributed by atoms with Crippen molar-refractivity contribution in [1.29, 1.82) is 0 Å². The van der Waals surface area contributed by atoms with Gasteiger partial charge >= 0.3 is 0 Å². The molecule has 0 bridgehead atoms. The second-order valence-corrected chi connectivity index (χ2v) is 9.07. The number of nitrogens with one attached hydrogen (secondary N) is 1. The number of H-pyrrole nitrogens is 1. The molecule has 3 heterocycles. The molecule has 0 radical (unpaired) electrons. The number of fused-ring (bicyclic) bond motifs is 1. The fraction of sp³-hybridized carbons (Fsp3) is 0.130. The lowest BCUT2D eigenvalue weighted by molar-refractivity contribution is 0.1000. The maximum atomic E-state index is 13.6. The second kappa shape index (κ2) is 8.57. The van der Waals surface area contributed by atoms with Gasteiger partial charge in [0.05, 0.1) is 0 Å². The zero-order valence-electron chi connectivity index (χ0n) is 17.5. The van der Waals surface area contributed by atoms with E-state index < -0.39 is 27.1 Å². The van der Waals surface area contributed by atoms with Crippen LogP contribution >= 0.6 is 0 Å². The first-order valence-corrected chi connectivity index (χ1v) is 11.5. The predicted octanol–water partition coefficient (Wildman–Crippen LogP) is 3.29. The molecule has 0 spiro atoms. The molecular formula is C23H20N4O5S. The minimum absolute atomic E-state index is 0.0234. The van der Waals surface area contributed by atoms with Crippen LogP contribution in [0.25, 0.3) is 22.2 Å². The van der Waals surface area contributed by atoms with E-state index in [9.17, 15) is 22.6 Å². The number of carbonyl (C=O) groups excluding carboxylic acids is 2. The van der Waals surface area contributed by atoms with Crippen molar-refractivity contribution in [2.45, 2.75) is 18.6 Å². The summed E-state index contributed by atoms with van der Waals surface area (Å²) in [4.78, 5) is 36.8. The van der Waals surface area contributed by atoms with Crippen LogP contribution in [0.1, 0.15) is 50.4 Å². The zero-order valence-corrected chi connectivity index (χ0v) is 18.3. The second-order valence-electron chi connectivity index (χ2n) is 7.47. The van der Waals surface area contributed by atoms with Crippen LogP contribution in [0, 0.1) is 0 Å². The minimum atomic E-state index is -4.51. The van der Waals surface area contributed by atoms with E-state index in [1.807, 2.05) is 6.07 Å². The number of aromatic amines is 1. The van der Waals surface area contributed by atoms with Crippen LogP contribution < -0.4 is 5.73 Å². The van der Waals surface area contributed by atoms with Gasteiger partial charge in [-0.3, -0.25) is 19.1 Å². The lowest BCUT2D eigenvalue weighted by Crippen LogP contribution is -2.18. The van der Waals surface area contributed by atoms with E-state index in [1.54, 1.807) is 37.6 Å². The van der Waals surface area contributed by atoms with E-state index in [0.29, 0.717) is 11.0 Å². The molecule has 0 aliphatic heterocycles. The normalized spacial score (nSPS) is 12.5. The predicted molar refractivity (Wildman–Crippen MR) is 122 cm³/mol. The molecule has 4 aromatic rings. The summed E-state index contributed by atoms with van der Waals surface area (Å²) < 4.78 is 33.7. The average molecular weight is 465 g/mol. The van der Waals surface area contributed by atoms with Crippen molar-refractivity contribution in [2.75, 3.05) is 0 Å². The van der Waals surface area contributed by atoms with Crippen molar-refractivity contribution in [3.63, 3.8) is 0 Å². The van der Waals surface area contributed by atoms with Crippen LogP contribution in [0.2, 0.25) is 0 Å². The monoisotopic (exact) mass is 464 g/mol. The third-order valence-corrected chi connectivity index (χ3v) is 6.74. The van der Waals surface area contributed by atoms with Crippen LogP contribution in [0.15, 0.2) is 61.2 Å². The molecule has 1 amide bonds.